The highest BCUT2D eigenvalue weighted by Crippen LogP contribution is 2.28. The Balaban J connectivity index is 2.37. The fourth-order valence-electron chi connectivity index (χ4n) is 2.05. The standard InChI is InChI=1S/C18H16N2O3/c1-20(2)16-6-4-14(5-7-16)15(11-19)9-13-3-8-17(22)18(10-13)23-12-21/h3-10,12,22H,1-2H3/b15-9+. The third kappa shape index (κ3) is 3.89. The van der Waals surface area contributed by atoms with Crippen molar-refractivity contribution in [3.05, 3.63) is 53.6 Å². The van der Waals surface area contributed by atoms with Crippen LogP contribution in [0.4, 0.5) is 5.69 Å². The van der Waals surface area contributed by atoms with Gasteiger partial charge in [0.05, 0.1) is 11.6 Å². The molecule has 0 fully saturated rings. The van der Waals surface area contributed by atoms with Gasteiger partial charge < -0.3 is 14.7 Å². The summed E-state index contributed by atoms with van der Waals surface area (Å²) in [6, 6.07) is 14.3. The van der Waals surface area contributed by atoms with Crippen LogP contribution in [0.3, 0.4) is 0 Å². The van der Waals surface area contributed by atoms with E-state index in [-0.39, 0.29) is 18.0 Å². The van der Waals surface area contributed by atoms with Crippen LogP contribution in [0.5, 0.6) is 11.5 Å². The number of hydrogen-bond acceptors (Lipinski definition) is 5. The number of phenols is 1. The maximum Gasteiger partial charge on any atom is 0.298 e. The Labute approximate surface area is 134 Å². The number of carbonyl (C=O) groups excluding carboxylic acids is 1. The normalized spacial score (nSPS) is 10.7. The molecule has 0 aromatic heterocycles. The number of nitriles is 1. The number of rotatable bonds is 5. The zero-order chi connectivity index (χ0) is 16.8. The molecule has 0 saturated carbocycles. The van der Waals surface area contributed by atoms with E-state index in [2.05, 4.69) is 6.07 Å². The number of carbonyl (C=O) groups is 1. The summed E-state index contributed by atoms with van der Waals surface area (Å²) in [5.74, 6) is -0.0860. The van der Waals surface area contributed by atoms with Crippen LogP contribution in [-0.2, 0) is 4.79 Å². The molecule has 2 aromatic carbocycles. The zero-order valence-corrected chi connectivity index (χ0v) is 12.9. The molecule has 1 N–H and O–H groups in total. The van der Waals surface area contributed by atoms with Crippen LogP contribution in [0, 0.1) is 11.3 Å². The number of ether oxygens (including phenoxy) is 1. The maximum absolute atomic E-state index is 10.4. The predicted octanol–water partition coefficient (Wildman–Crippen LogP) is 3.06. The Morgan fingerprint density at radius 1 is 1.22 bits per heavy atom. The highest BCUT2D eigenvalue weighted by molar-refractivity contribution is 5.90. The maximum atomic E-state index is 10.4. The Hall–Kier alpha value is -3.26. The molecule has 0 bridgehead atoms. The molecule has 2 aromatic rings. The minimum Gasteiger partial charge on any atom is -0.504 e. The lowest BCUT2D eigenvalue weighted by Gasteiger charge is -2.12. The van der Waals surface area contributed by atoms with Crippen molar-refractivity contribution in [1.82, 2.24) is 0 Å². The summed E-state index contributed by atoms with van der Waals surface area (Å²) < 4.78 is 4.69. The topological polar surface area (TPSA) is 73.6 Å². The van der Waals surface area contributed by atoms with Crippen molar-refractivity contribution < 1.29 is 14.6 Å². The molecule has 0 aliphatic rings. The minimum absolute atomic E-state index is 0.0500. The van der Waals surface area contributed by atoms with Crippen molar-refractivity contribution in [2.45, 2.75) is 0 Å². The van der Waals surface area contributed by atoms with E-state index < -0.39 is 0 Å². The summed E-state index contributed by atoms with van der Waals surface area (Å²) in [6.07, 6.45) is 1.67. The summed E-state index contributed by atoms with van der Waals surface area (Å²) in [7, 11) is 3.89. The molecular formula is C18H16N2O3. The molecule has 0 amide bonds. The second-order valence-corrected chi connectivity index (χ2v) is 5.05. The summed E-state index contributed by atoms with van der Waals surface area (Å²) in [6.45, 7) is 0.244. The molecule has 0 aliphatic carbocycles. The van der Waals surface area contributed by atoms with E-state index in [1.807, 2.05) is 43.3 Å². The second kappa shape index (κ2) is 7.14. The van der Waals surface area contributed by atoms with Crippen molar-refractivity contribution in [2.24, 2.45) is 0 Å². The summed E-state index contributed by atoms with van der Waals surface area (Å²) in [5.41, 5.74) is 2.94. The van der Waals surface area contributed by atoms with Gasteiger partial charge in [-0.15, -0.1) is 0 Å². The molecule has 116 valence electrons. The summed E-state index contributed by atoms with van der Waals surface area (Å²) in [4.78, 5) is 12.4. The van der Waals surface area contributed by atoms with Crippen LogP contribution in [0.25, 0.3) is 11.6 Å². The number of aromatic hydroxyl groups is 1. The van der Waals surface area contributed by atoms with E-state index in [0.29, 0.717) is 11.1 Å². The minimum atomic E-state index is -0.136. The Kier molecular flexibility index (Phi) is 5.00. The highest BCUT2D eigenvalue weighted by atomic mass is 16.5. The molecular weight excluding hydrogens is 292 g/mol. The summed E-state index contributed by atoms with van der Waals surface area (Å²) >= 11 is 0. The fourth-order valence-corrected chi connectivity index (χ4v) is 2.05. The average molecular weight is 308 g/mol. The number of benzene rings is 2. The van der Waals surface area contributed by atoms with Gasteiger partial charge in [-0.3, -0.25) is 4.79 Å². The van der Waals surface area contributed by atoms with E-state index in [9.17, 15) is 15.2 Å². The third-order valence-electron chi connectivity index (χ3n) is 3.29. The van der Waals surface area contributed by atoms with Gasteiger partial charge in [-0.25, -0.2) is 0 Å². The Bertz CT molecular complexity index is 772. The molecule has 5 nitrogen and oxygen atoms in total. The van der Waals surface area contributed by atoms with Crippen molar-refractivity contribution in [2.75, 3.05) is 19.0 Å². The lowest BCUT2D eigenvalue weighted by Crippen LogP contribution is -2.08. The van der Waals surface area contributed by atoms with E-state index in [1.165, 1.54) is 12.1 Å². The molecule has 0 unspecified atom stereocenters. The smallest absolute Gasteiger partial charge is 0.298 e. The number of hydrogen-bond donors (Lipinski definition) is 1. The lowest BCUT2D eigenvalue weighted by molar-refractivity contribution is -0.120. The van der Waals surface area contributed by atoms with Gasteiger partial charge in [-0.1, -0.05) is 18.2 Å². The van der Waals surface area contributed by atoms with E-state index in [0.717, 1.165) is 11.3 Å². The van der Waals surface area contributed by atoms with Crippen LogP contribution in [0.1, 0.15) is 11.1 Å². The largest absolute Gasteiger partial charge is 0.504 e. The molecule has 2 rings (SSSR count). The second-order valence-electron chi connectivity index (χ2n) is 5.05. The van der Waals surface area contributed by atoms with Crippen LogP contribution in [0.2, 0.25) is 0 Å². The first-order valence-electron chi connectivity index (χ1n) is 6.88. The highest BCUT2D eigenvalue weighted by Gasteiger charge is 2.06. The van der Waals surface area contributed by atoms with Gasteiger partial charge in [0.2, 0.25) is 0 Å². The molecule has 0 saturated heterocycles. The molecule has 0 aliphatic heterocycles. The van der Waals surface area contributed by atoms with Gasteiger partial charge in [-0.2, -0.15) is 5.26 Å². The number of anilines is 1. The molecule has 5 heteroatoms. The SMILES string of the molecule is CN(C)c1ccc(/C(C#N)=C/c2ccc(O)c(OC=O)c2)cc1. The number of allylic oxidation sites excluding steroid dienone is 1. The predicted molar refractivity (Wildman–Crippen MR) is 89.1 cm³/mol. The van der Waals surface area contributed by atoms with Crippen LogP contribution < -0.4 is 9.64 Å². The van der Waals surface area contributed by atoms with Crippen LogP contribution in [0.15, 0.2) is 42.5 Å². The molecule has 23 heavy (non-hydrogen) atoms. The third-order valence-corrected chi connectivity index (χ3v) is 3.29. The van der Waals surface area contributed by atoms with Crippen molar-refractivity contribution in [3.63, 3.8) is 0 Å². The van der Waals surface area contributed by atoms with E-state index >= 15 is 0 Å². The van der Waals surface area contributed by atoms with Gasteiger partial charge in [0.1, 0.15) is 0 Å². The molecule has 0 radical (unpaired) electrons. The monoisotopic (exact) mass is 308 g/mol. The Morgan fingerprint density at radius 2 is 1.91 bits per heavy atom. The molecule has 0 spiro atoms. The van der Waals surface area contributed by atoms with Gasteiger partial charge in [0.15, 0.2) is 11.5 Å². The molecule has 0 heterocycles. The lowest BCUT2D eigenvalue weighted by atomic mass is 10.0. The first kappa shape index (κ1) is 16.1. The van der Waals surface area contributed by atoms with Crippen molar-refractivity contribution in [3.8, 4) is 17.6 Å². The number of nitrogens with zero attached hydrogens (tertiary/aromatic N) is 2. The number of phenolic OH excluding ortho intramolecular Hbond substituents is 1. The van der Waals surface area contributed by atoms with Crippen molar-refractivity contribution in [1.29, 1.82) is 5.26 Å². The van der Waals surface area contributed by atoms with Gasteiger partial charge in [0.25, 0.3) is 6.47 Å². The summed E-state index contributed by atoms with van der Waals surface area (Å²) in [5, 5.41) is 19.0. The van der Waals surface area contributed by atoms with Crippen molar-refractivity contribution >= 4 is 23.8 Å². The Morgan fingerprint density at radius 3 is 2.48 bits per heavy atom. The van der Waals surface area contributed by atoms with Crippen LogP contribution >= 0.6 is 0 Å². The fraction of sp³-hybridized carbons (Fsp3) is 0.111. The average Bonchev–Trinajstić information content (AvgIpc) is 2.56. The molecule has 0 atom stereocenters. The van der Waals surface area contributed by atoms with Gasteiger partial charge >= 0.3 is 0 Å². The van der Waals surface area contributed by atoms with Crippen LogP contribution in [-0.4, -0.2) is 25.7 Å². The van der Waals surface area contributed by atoms with E-state index in [4.69, 9.17) is 4.74 Å². The first-order chi connectivity index (χ1) is 11.0. The van der Waals surface area contributed by atoms with Gasteiger partial charge in [-0.05, 0) is 41.5 Å². The quantitative estimate of drug-likeness (QED) is 0.522. The first-order valence-corrected chi connectivity index (χ1v) is 6.88. The van der Waals surface area contributed by atoms with E-state index in [1.54, 1.807) is 12.1 Å². The zero-order valence-electron chi connectivity index (χ0n) is 12.9. The van der Waals surface area contributed by atoms with Gasteiger partial charge in [0, 0.05) is 19.8 Å².